The summed E-state index contributed by atoms with van der Waals surface area (Å²) in [5, 5.41) is 11.1. The quantitative estimate of drug-likeness (QED) is 0.112. The highest BCUT2D eigenvalue weighted by atomic mass is 32.2. The molecule has 282 valence electrons. The van der Waals surface area contributed by atoms with E-state index in [1.54, 1.807) is 50.3 Å². The minimum absolute atomic E-state index is 0.0705. The number of aliphatic carboxylic acids is 1. The second-order valence-corrected chi connectivity index (χ2v) is 13.6. The van der Waals surface area contributed by atoms with Gasteiger partial charge < -0.3 is 34.1 Å². The second-order valence-electron chi connectivity index (χ2n) is 11.9. The fourth-order valence-corrected chi connectivity index (χ4v) is 6.30. The number of imidazole rings is 1. The van der Waals surface area contributed by atoms with E-state index in [1.807, 2.05) is 6.92 Å². The van der Waals surface area contributed by atoms with Gasteiger partial charge in [-0.1, -0.05) is 6.92 Å². The van der Waals surface area contributed by atoms with E-state index in [0.717, 1.165) is 6.42 Å². The van der Waals surface area contributed by atoms with Gasteiger partial charge in [-0.05, 0) is 51.1 Å². The predicted octanol–water partition coefficient (Wildman–Crippen LogP) is 3.57. The molecule has 17 heteroatoms. The van der Waals surface area contributed by atoms with Crippen molar-refractivity contribution in [2.75, 3.05) is 58.8 Å². The van der Waals surface area contributed by atoms with Crippen LogP contribution in [0.3, 0.4) is 0 Å². The first-order valence-electron chi connectivity index (χ1n) is 16.5. The number of hydrogen-bond donors (Lipinski definition) is 3. The van der Waals surface area contributed by atoms with Crippen LogP contribution in [0.1, 0.15) is 26.2 Å². The number of sulfonamides is 1. The Morgan fingerprint density at radius 1 is 0.846 bits per heavy atom. The zero-order valence-corrected chi connectivity index (χ0v) is 30.9. The number of fused-ring (bicyclic) bond motifs is 1. The van der Waals surface area contributed by atoms with Crippen molar-refractivity contribution in [1.29, 1.82) is 0 Å². The molecule has 3 N–H and O–H groups in total. The van der Waals surface area contributed by atoms with Crippen LogP contribution >= 0.6 is 0 Å². The van der Waals surface area contributed by atoms with Gasteiger partial charge in [-0.2, -0.15) is 0 Å². The first kappa shape index (κ1) is 39.4. The molecule has 0 aliphatic heterocycles. The normalized spacial score (nSPS) is 11.4. The molecule has 1 amide bonds. The highest BCUT2D eigenvalue weighted by molar-refractivity contribution is 7.92. The first-order chi connectivity index (χ1) is 24.8. The van der Waals surface area contributed by atoms with Gasteiger partial charge in [-0.15, -0.1) is 0 Å². The van der Waals surface area contributed by atoms with Gasteiger partial charge >= 0.3 is 11.7 Å². The number of rotatable bonds is 20. The molecule has 52 heavy (non-hydrogen) atoms. The Bertz CT molecular complexity index is 2060. The molecule has 0 aliphatic carbocycles. The third-order valence-electron chi connectivity index (χ3n) is 7.89. The molecule has 4 aromatic rings. The summed E-state index contributed by atoms with van der Waals surface area (Å²) in [7, 11) is 3.63. The maximum Gasteiger partial charge on any atom is 0.328 e. The molecule has 0 bridgehead atoms. The van der Waals surface area contributed by atoms with Gasteiger partial charge in [0.25, 0.3) is 10.0 Å². The summed E-state index contributed by atoms with van der Waals surface area (Å²) in [6.07, 6.45) is 2.11. The van der Waals surface area contributed by atoms with Crippen LogP contribution in [0.2, 0.25) is 0 Å². The van der Waals surface area contributed by atoms with Gasteiger partial charge in [-0.3, -0.25) is 28.3 Å². The molecule has 1 aromatic heterocycles. The smallest absolute Gasteiger partial charge is 0.328 e. The summed E-state index contributed by atoms with van der Waals surface area (Å²) in [5.41, 5.74) is 0.752. The van der Waals surface area contributed by atoms with Crippen LogP contribution in [0, 0.1) is 0 Å². The Kier molecular flexibility index (Phi) is 13.4. The number of methoxy groups -OCH3 is 2. The number of carbonyl (C=O) groups is 2. The topological polar surface area (TPSA) is 189 Å². The first-order valence-corrected chi connectivity index (χ1v) is 17.9. The Morgan fingerprint density at radius 2 is 1.48 bits per heavy atom. The number of aromatic nitrogens is 2. The molecular formula is C35H45N5O11S. The van der Waals surface area contributed by atoms with Crippen LogP contribution in [0.25, 0.3) is 11.0 Å². The van der Waals surface area contributed by atoms with Crippen molar-refractivity contribution in [3.63, 3.8) is 0 Å². The van der Waals surface area contributed by atoms with Crippen LogP contribution in [-0.2, 0) is 33.7 Å². The van der Waals surface area contributed by atoms with E-state index in [0.29, 0.717) is 66.6 Å². The second kappa shape index (κ2) is 17.7. The van der Waals surface area contributed by atoms with Crippen LogP contribution in [0.5, 0.6) is 34.5 Å². The molecule has 0 radical (unpaired) electrons. The van der Waals surface area contributed by atoms with Crippen LogP contribution in [0.15, 0.2) is 58.2 Å². The molecule has 16 nitrogen and oxygen atoms in total. The van der Waals surface area contributed by atoms with E-state index in [9.17, 15) is 22.8 Å². The Labute approximate surface area is 301 Å². The van der Waals surface area contributed by atoms with Gasteiger partial charge in [0, 0.05) is 44.4 Å². The summed E-state index contributed by atoms with van der Waals surface area (Å²) in [6, 6.07) is 12.4. The number of amides is 1. The van der Waals surface area contributed by atoms with E-state index >= 15 is 0 Å². The molecule has 0 saturated heterocycles. The molecule has 0 unspecified atom stereocenters. The summed E-state index contributed by atoms with van der Waals surface area (Å²) >= 11 is 0. The number of unbranched alkanes of at least 4 members (excludes halogenated alkanes) is 1. The van der Waals surface area contributed by atoms with E-state index in [4.69, 9.17) is 28.8 Å². The lowest BCUT2D eigenvalue weighted by Gasteiger charge is -2.17. The minimum atomic E-state index is -4.19. The van der Waals surface area contributed by atoms with Gasteiger partial charge in [0.1, 0.15) is 23.8 Å². The molecule has 0 aliphatic rings. The van der Waals surface area contributed by atoms with Gasteiger partial charge in [-0.25, -0.2) is 13.2 Å². The lowest BCUT2D eigenvalue weighted by molar-refractivity contribution is -0.138. The van der Waals surface area contributed by atoms with E-state index in [2.05, 4.69) is 10.0 Å². The Balaban J connectivity index is 1.58. The summed E-state index contributed by atoms with van der Waals surface area (Å²) in [4.78, 5) is 37.1. The maximum absolute atomic E-state index is 13.7. The van der Waals surface area contributed by atoms with Crippen molar-refractivity contribution in [2.24, 2.45) is 14.1 Å². The Hall–Kier alpha value is -5.42. The molecule has 3 aromatic carbocycles. The van der Waals surface area contributed by atoms with Crippen LogP contribution in [-0.4, -0.2) is 93.6 Å². The number of nitrogens with one attached hydrogen (secondary N) is 2. The lowest BCUT2D eigenvalue weighted by Crippen LogP contribution is -2.38. The molecule has 1 heterocycles. The number of carboxylic acids is 1. The van der Waals surface area contributed by atoms with E-state index in [1.165, 1.54) is 47.6 Å². The zero-order chi connectivity index (χ0) is 38.0. The SMILES string of the molecule is CCCOc1cc(OCCCCN(C)CC(=O)NCC(=O)O)cc(Oc2cc3c(cc2NS(=O)(=O)c2ccc(OC)c(OC)c2)n(C)c(=O)n3C)c1. The number of carbonyl (C=O) groups excluding carboxylic acids is 1. The number of nitrogens with zero attached hydrogens (tertiary/aromatic N) is 3. The Morgan fingerprint density at radius 3 is 2.12 bits per heavy atom. The average molecular weight is 744 g/mol. The van der Waals surface area contributed by atoms with Crippen molar-refractivity contribution >= 4 is 38.6 Å². The third-order valence-corrected chi connectivity index (χ3v) is 9.25. The number of anilines is 1. The number of hydrogen-bond acceptors (Lipinski definition) is 11. The molecule has 0 atom stereocenters. The van der Waals surface area contributed by atoms with Crippen molar-refractivity contribution in [1.82, 2.24) is 19.4 Å². The fraction of sp³-hybridized carbons (Fsp3) is 0.400. The summed E-state index contributed by atoms with van der Waals surface area (Å²) in [6.45, 7) is 2.98. The summed E-state index contributed by atoms with van der Waals surface area (Å²) in [5.74, 6) is 0.448. The number of aryl methyl sites for hydroxylation is 2. The van der Waals surface area contributed by atoms with Crippen molar-refractivity contribution in [3.8, 4) is 34.5 Å². The zero-order valence-electron chi connectivity index (χ0n) is 30.1. The number of carboxylic acid groups (broad SMARTS) is 1. The number of ether oxygens (including phenoxy) is 5. The molecular weight excluding hydrogens is 698 g/mol. The lowest BCUT2D eigenvalue weighted by atomic mass is 10.2. The molecule has 0 spiro atoms. The predicted molar refractivity (Wildman–Crippen MR) is 194 cm³/mol. The largest absolute Gasteiger partial charge is 0.493 e. The minimum Gasteiger partial charge on any atom is -0.493 e. The molecule has 0 fully saturated rings. The van der Waals surface area contributed by atoms with Gasteiger partial charge in [0.15, 0.2) is 17.2 Å². The fourth-order valence-electron chi connectivity index (χ4n) is 5.22. The monoisotopic (exact) mass is 743 g/mol. The highest BCUT2D eigenvalue weighted by Gasteiger charge is 2.22. The standard InChI is InChI=1S/C35H45N5O11S/c1-7-13-49-23-15-24(50-14-9-8-12-38(2)22-33(41)36-21-34(42)43)17-25(16-23)51-31-20-29-28(39(3)35(44)40(29)4)19-27(31)37-52(45,46)26-10-11-30(47-5)32(18-26)48-6/h10-11,15-20,37H,7-9,12-14,21-22H2,1-6H3,(H,36,41)(H,42,43). The average Bonchev–Trinajstić information content (AvgIpc) is 3.31. The molecule has 0 saturated carbocycles. The number of likely N-dealkylation sites (N-methyl/N-ethyl adjacent to an activating group) is 1. The van der Waals surface area contributed by atoms with Crippen molar-refractivity contribution in [3.05, 3.63) is 59.0 Å². The van der Waals surface area contributed by atoms with Gasteiger partial charge in [0.05, 0.1) is 55.6 Å². The number of benzene rings is 3. The van der Waals surface area contributed by atoms with Crippen molar-refractivity contribution < 1.29 is 46.8 Å². The van der Waals surface area contributed by atoms with Gasteiger partial charge in [0.2, 0.25) is 5.91 Å². The maximum atomic E-state index is 13.7. The van der Waals surface area contributed by atoms with Crippen molar-refractivity contribution in [2.45, 2.75) is 31.1 Å². The van der Waals surface area contributed by atoms with E-state index < -0.39 is 22.5 Å². The summed E-state index contributed by atoms with van der Waals surface area (Å²) < 4.78 is 61.7. The van der Waals surface area contributed by atoms with E-state index in [-0.39, 0.29) is 40.2 Å². The highest BCUT2D eigenvalue weighted by Crippen LogP contribution is 2.38. The molecule has 4 rings (SSSR count). The van der Waals surface area contributed by atoms with Crippen LogP contribution in [0.4, 0.5) is 5.69 Å². The van der Waals surface area contributed by atoms with Crippen LogP contribution < -0.4 is 39.4 Å². The third kappa shape index (κ3) is 10.1.